The second kappa shape index (κ2) is 10.7. The molecular formula is C24H24ClN5O4S. The number of benzene rings is 3. The van der Waals surface area contributed by atoms with Gasteiger partial charge in [0, 0.05) is 18.1 Å². The number of anilines is 2. The molecule has 182 valence electrons. The van der Waals surface area contributed by atoms with Gasteiger partial charge in [0.15, 0.2) is 0 Å². The summed E-state index contributed by atoms with van der Waals surface area (Å²) in [6.45, 7) is 0.726. The van der Waals surface area contributed by atoms with Crippen molar-refractivity contribution >= 4 is 33.5 Å². The molecule has 0 fully saturated rings. The fourth-order valence-corrected chi connectivity index (χ4v) is 4.53. The molecule has 4 aromatic rings. The highest BCUT2D eigenvalue weighted by Gasteiger charge is 2.24. The van der Waals surface area contributed by atoms with Gasteiger partial charge in [0.25, 0.3) is 10.0 Å². The molecule has 4 rings (SSSR count). The Balaban J connectivity index is 1.59. The minimum atomic E-state index is -4.03. The predicted molar refractivity (Wildman–Crippen MR) is 135 cm³/mol. The van der Waals surface area contributed by atoms with Crippen molar-refractivity contribution in [2.45, 2.75) is 18.0 Å². The first-order chi connectivity index (χ1) is 16.9. The van der Waals surface area contributed by atoms with Crippen LogP contribution in [0.3, 0.4) is 0 Å². The standard InChI is InChI=1S/C24H24ClN5O4S/c1-33-20-9-3-17(4-10-20)15-26-23-28-24(27-16-18-5-11-21(34-2)12-6-18)30(29-23)35(31,32)22-13-7-19(25)8-14-22/h3-14H,15-16H2,1-2H3,(H2,26,27,28,29). The van der Waals surface area contributed by atoms with E-state index >= 15 is 0 Å². The van der Waals surface area contributed by atoms with Gasteiger partial charge in [0.2, 0.25) is 11.9 Å². The van der Waals surface area contributed by atoms with E-state index in [2.05, 4.69) is 20.7 Å². The first-order valence-electron chi connectivity index (χ1n) is 10.6. The van der Waals surface area contributed by atoms with E-state index in [1.807, 2.05) is 48.5 Å². The smallest absolute Gasteiger partial charge is 0.286 e. The van der Waals surface area contributed by atoms with Gasteiger partial charge in [0.05, 0.1) is 19.1 Å². The summed E-state index contributed by atoms with van der Waals surface area (Å²) in [6, 6.07) is 20.8. The molecule has 1 heterocycles. The monoisotopic (exact) mass is 513 g/mol. The van der Waals surface area contributed by atoms with Gasteiger partial charge in [-0.05, 0) is 59.7 Å². The Hall–Kier alpha value is -3.76. The number of hydrogen-bond donors (Lipinski definition) is 2. The van der Waals surface area contributed by atoms with Crippen LogP contribution in [0.1, 0.15) is 11.1 Å². The van der Waals surface area contributed by atoms with Gasteiger partial charge >= 0.3 is 0 Å². The van der Waals surface area contributed by atoms with Crippen LogP contribution in [0, 0.1) is 0 Å². The van der Waals surface area contributed by atoms with Crippen molar-refractivity contribution in [3.63, 3.8) is 0 Å². The van der Waals surface area contributed by atoms with Gasteiger partial charge in [-0.3, -0.25) is 0 Å². The van der Waals surface area contributed by atoms with Crippen molar-refractivity contribution in [1.29, 1.82) is 0 Å². The lowest BCUT2D eigenvalue weighted by Gasteiger charge is -2.09. The number of rotatable bonds is 10. The molecule has 2 N–H and O–H groups in total. The SMILES string of the molecule is COc1ccc(CNc2nc(NCc3ccc(OC)cc3)n(S(=O)(=O)c3ccc(Cl)cc3)n2)cc1. The fraction of sp³-hybridized carbons (Fsp3) is 0.167. The Morgan fingerprint density at radius 2 is 1.31 bits per heavy atom. The van der Waals surface area contributed by atoms with Crippen LogP contribution in [0.15, 0.2) is 77.7 Å². The summed E-state index contributed by atoms with van der Waals surface area (Å²) in [6.07, 6.45) is 0. The van der Waals surface area contributed by atoms with Gasteiger partial charge in [-0.15, -0.1) is 9.19 Å². The predicted octanol–water partition coefficient (Wildman–Crippen LogP) is 4.41. The van der Waals surface area contributed by atoms with E-state index in [0.29, 0.717) is 18.1 Å². The molecule has 0 aliphatic rings. The molecule has 11 heteroatoms. The van der Waals surface area contributed by atoms with Crippen LogP contribution in [-0.4, -0.2) is 36.8 Å². The quantitative estimate of drug-likeness (QED) is 0.321. The Labute approximate surface area is 208 Å². The summed E-state index contributed by atoms with van der Waals surface area (Å²) in [7, 11) is -0.830. The molecule has 0 bridgehead atoms. The van der Waals surface area contributed by atoms with E-state index in [1.54, 1.807) is 14.2 Å². The summed E-state index contributed by atoms with van der Waals surface area (Å²) in [5.41, 5.74) is 1.87. The summed E-state index contributed by atoms with van der Waals surface area (Å²) in [5, 5.41) is 10.8. The number of ether oxygens (including phenoxy) is 2. The summed E-state index contributed by atoms with van der Waals surface area (Å²) < 4.78 is 37.9. The van der Waals surface area contributed by atoms with Crippen molar-refractivity contribution in [2.24, 2.45) is 0 Å². The second-order valence-electron chi connectivity index (χ2n) is 7.46. The van der Waals surface area contributed by atoms with Gasteiger partial charge in [-0.25, -0.2) is 0 Å². The van der Waals surface area contributed by atoms with Gasteiger partial charge < -0.3 is 20.1 Å². The molecule has 0 radical (unpaired) electrons. The summed E-state index contributed by atoms with van der Waals surface area (Å²) >= 11 is 5.93. The van der Waals surface area contributed by atoms with Crippen LogP contribution < -0.4 is 20.1 Å². The second-order valence-corrected chi connectivity index (χ2v) is 9.67. The highest BCUT2D eigenvalue weighted by atomic mass is 35.5. The Bertz CT molecular complexity index is 1370. The highest BCUT2D eigenvalue weighted by Crippen LogP contribution is 2.22. The number of aromatic nitrogens is 3. The maximum Gasteiger partial charge on any atom is 0.286 e. The number of halogens is 1. The molecule has 9 nitrogen and oxygen atoms in total. The van der Waals surface area contributed by atoms with Gasteiger partial charge in [-0.2, -0.15) is 13.4 Å². The zero-order chi connectivity index (χ0) is 24.8. The van der Waals surface area contributed by atoms with Crippen molar-refractivity contribution in [3.8, 4) is 11.5 Å². The molecule has 0 unspecified atom stereocenters. The van der Waals surface area contributed by atoms with Crippen LogP contribution >= 0.6 is 11.6 Å². The molecule has 0 amide bonds. The van der Waals surface area contributed by atoms with E-state index in [0.717, 1.165) is 26.7 Å². The number of methoxy groups -OCH3 is 2. The third-order valence-corrected chi connectivity index (χ3v) is 6.97. The Morgan fingerprint density at radius 3 is 1.83 bits per heavy atom. The maximum absolute atomic E-state index is 13.3. The molecule has 0 aliphatic carbocycles. The molecule has 0 spiro atoms. The van der Waals surface area contributed by atoms with Crippen molar-refractivity contribution in [3.05, 3.63) is 88.9 Å². The lowest BCUT2D eigenvalue weighted by Crippen LogP contribution is -2.18. The van der Waals surface area contributed by atoms with Gasteiger partial charge in [0.1, 0.15) is 11.5 Å². The summed E-state index contributed by atoms with van der Waals surface area (Å²) in [5.74, 6) is 1.71. The normalized spacial score (nSPS) is 11.2. The van der Waals surface area contributed by atoms with Crippen LogP contribution in [0.5, 0.6) is 11.5 Å². The van der Waals surface area contributed by atoms with Crippen LogP contribution in [0.2, 0.25) is 5.02 Å². The minimum Gasteiger partial charge on any atom is -0.497 e. The largest absolute Gasteiger partial charge is 0.497 e. The molecular weight excluding hydrogens is 490 g/mol. The maximum atomic E-state index is 13.3. The van der Waals surface area contributed by atoms with Crippen LogP contribution in [0.25, 0.3) is 0 Å². The number of nitrogens with zero attached hydrogens (tertiary/aromatic N) is 3. The third kappa shape index (κ3) is 5.84. The fourth-order valence-electron chi connectivity index (χ4n) is 3.20. The average molecular weight is 514 g/mol. The topological polar surface area (TPSA) is 107 Å². The number of hydrogen-bond acceptors (Lipinski definition) is 8. The van der Waals surface area contributed by atoms with Crippen LogP contribution in [0.4, 0.5) is 11.9 Å². The van der Waals surface area contributed by atoms with E-state index in [9.17, 15) is 8.42 Å². The van der Waals surface area contributed by atoms with E-state index < -0.39 is 10.0 Å². The van der Waals surface area contributed by atoms with Crippen molar-refractivity contribution in [1.82, 2.24) is 14.2 Å². The molecule has 0 aliphatic heterocycles. The zero-order valence-electron chi connectivity index (χ0n) is 19.1. The zero-order valence-corrected chi connectivity index (χ0v) is 20.7. The lowest BCUT2D eigenvalue weighted by molar-refractivity contribution is 0.414. The van der Waals surface area contributed by atoms with Gasteiger partial charge in [-0.1, -0.05) is 35.9 Å². The van der Waals surface area contributed by atoms with E-state index in [-0.39, 0.29) is 16.8 Å². The molecule has 0 saturated carbocycles. The molecule has 1 aromatic heterocycles. The first kappa shape index (κ1) is 24.4. The van der Waals surface area contributed by atoms with E-state index in [4.69, 9.17) is 21.1 Å². The molecule has 3 aromatic carbocycles. The minimum absolute atomic E-state index is 0.0426. The van der Waals surface area contributed by atoms with Crippen molar-refractivity contribution < 1.29 is 17.9 Å². The average Bonchev–Trinajstić information content (AvgIpc) is 3.31. The van der Waals surface area contributed by atoms with Crippen LogP contribution in [-0.2, 0) is 23.1 Å². The lowest BCUT2D eigenvalue weighted by atomic mass is 10.2. The third-order valence-electron chi connectivity index (χ3n) is 5.14. The molecule has 0 saturated heterocycles. The highest BCUT2D eigenvalue weighted by molar-refractivity contribution is 7.90. The molecule has 0 atom stereocenters. The molecule has 35 heavy (non-hydrogen) atoms. The Kier molecular flexibility index (Phi) is 7.42. The number of nitrogens with one attached hydrogen (secondary N) is 2. The van der Waals surface area contributed by atoms with Crippen molar-refractivity contribution in [2.75, 3.05) is 24.9 Å². The Morgan fingerprint density at radius 1 is 0.800 bits per heavy atom. The summed E-state index contributed by atoms with van der Waals surface area (Å²) in [4.78, 5) is 4.43. The van der Waals surface area contributed by atoms with E-state index in [1.165, 1.54) is 24.3 Å². The first-order valence-corrected chi connectivity index (χ1v) is 12.4.